The van der Waals surface area contributed by atoms with Crippen LogP contribution in [0.2, 0.25) is 0 Å². The first-order valence-electron chi connectivity index (χ1n) is 11.4. The number of nitrogens with one attached hydrogen (secondary N) is 2. The summed E-state index contributed by atoms with van der Waals surface area (Å²) in [6, 6.07) is 14.3. The summed E-state index contributed by atoms with van der Waals surface area (Å²) in [5.74, 6) is 2.15. The van der Waals surface area contributed by atoms with Crippen molar-refractivity contribution in [3.05, 3.63) is 53.6 Å². The maximum Gasteiger partial charge on any atom is 0.251 e. The lowest BCUT2D eigenvalue weighted by atomic mass is 10.0. The van der Waals surface area contributed by atoms with Crippen LogP contribution in [0, 0.1) is 5.92 Å². The van der Waals surface area contributed by atoms with Crippen molar-refractivity contribution in [1.82, 2.24) is 10.6 Å². The minimum absolute atomic E-state index is 0.0721. The number of rotatable bonds is 8. The van der Waals surface area contributed by atoms with Crippen LogP contribution in [0.25, 0.3) is 0 Å². The van der Waals surface area contributed by atoms with Gasteiger partial charge in [0.15, 0.2) is 11.5 Å². The molecule has 0 radical (unpaired) electrons. The Bertz CT molecular complexity index is 876. The topological polar surface area (TPSA) is 62.8 Å². The number of piperidine rings is 1. The molecule has 0 saturated carbocycles. The van der Waals surface area contributed by atoms with E-state index in [1.54, 1.807) is 0 Å². The van der Waals surface area contributed by atoms with Crippen LogP contribution in [0.4, 0.5) is 5.69 Å². The molecule has 2 aromatic carbocycles. The van der Waals surface area contributed by atoms with E-state index >= 15 is 0 Å². The van der Waals surface area contributed by atoms with Crippen molar-refractivity contribution in [1.29, 1.82) is 0 Å². The van der Waals surface area contributed by atoms with E-state index in [4.69, 9.17) is 9.47 Å². The van der Waals surface area contributed by atoms with Gasteiger partial charge in [-0.05, 0) is 67.3 Å². The Morgan fingerprint density at radius 1 is 1.10 bits per heavy atom. The fraction of sp³-hybridized carbons (Fsp3) is 0.480. The minimum atomic E-state index is -0.0721. The van der Waals surface area contributed by atoms with Gasteiger partial charge < -0.3 is 25.0 Å². The third kappa shape index (κ3) is 5.50. The summed E-state index contributed by atoms with van der Waals surface area (Å²) in [4.78, 5) is 15.0. The maximum absolute atomic E-state index is 12.5. The van der Waals surface area contributed by atoms with E-state index in [1.165, 1.54) is 12.1 Å². The molecule has 1 fully saturated rings. The molecule has 2 N–H and O–H groups in total. The molecule has 1 unspecified atom stereocenters. The minimum Gasteiger partial charge on any atom is -0.454 e. The normalized spacial score (nSPS) is 16.9. The van der Waals surface area contributed by atoms with Crippen LogP contribution in [0.15, 0.2) is 42.5 Å². The first-order chi connectivity index (χ1) is 15.1. The maximum atomic E-state index is 12.5. The van der Waals surface area contributed by atoms with E-state index < -0.39 is 0 Å². The summed E-state index contributed by atoms with van der Waals surface area (Å²) in [6.07, 6.45) is 3.55. The predicted molar refractivity (Wildman–Crippen MR) is 123 cm³/mol. The number of hydrogen-bond donors (Lipinski definition) is 2. The highest BCUT2D eigenvalue weighted by atomic mass is 16.7. The Kier molecular flexibility index (Phi) is 6.97. The number of carbonyl (C=O) groups is 1. The molecule has 166 valence electrons. The number of fused-ring (bicyclic) bond motifs is 1. The van der Waals surface area contributed by atoms with Crippen LogP contribution in [0.5, 0.6) is 11.5 Å². The monoisotopic (exact) mass is 423 g/mol. The van der Waals surface area contributed by atoms with Crippen LogP contribution in [0.1, 0.15) is 49.0 Å². The van der Waals surface area contributed by atoms with E-state index in [9.17, 15) is 4.79 Å². The molecule has 0 spiro atoms. The Morgan fingerprint density at radius 2 is 1.84 bits per heavy atom. The van der Waals surface area contributed by atoms with Gasteiger partial charge in [0.1, 0.15) is 0 Å². The van der Waals surface area contributed by atoms with Crippen LogP contribution in [-0.4, -0.2) is 38.4 Å². The molecular formula is C25H33N3O3. The van der Waals surface area contributed by atoms with Gasteiger partial charge in [0.05, 0.1) is 0 Å². The number of hydrogen-bond acceptors (Lipinski definition) is 5. The third-order valence-electron chi connectivity index (χ3n) is 6.33. The standard InChI is InChI=1S/C25H33N3O3/c1-3-18(2)15-26-21-10-12-28(13-11-21)22-7-5-20(6-8-22)25(29)27-16-19-4-9-23-24(14-19)31-17-30-23/h4-9,14,18,21,26H,3,10-13,15-17H2,1-2H3,(H,27,29). The zero-order valence-electron chi connectivity index (χ0n) is 18.5. The lowest BCUT2D eigenvalue weighted by Crippen LogP contribution is -2.43. The first kappa shape index (κ1) is 21.5. The average Bonchev–Trinajstić information content (AvgIpc) is 3.29. The van der Waals surface area contributed by atoms with E-state index in [-0.39, 0.29) is 12.7 Å². The van der Waals surface area contributed by atoms with Gasteiger partial charge in [0, 0.05) is 36.9 Å². The first-order valence-corrected chi connectivity index (χ1v) is 11.4. The van der Waals surface area contributed by atoms with E-state index in [2.05, 4.69) is 41.5 Å². The summed E-state index contributed by atoms with van der Waals surface area (Å²) in [5, 5.41) is 6.70. The number of ether oxygens (including phenoxy) is 2. The number of benzene rings is 2. The SMILES string of the molecule is CCC(C)CNC1CCN(c2ccc(C(=O)NCc3ccc4c(c3)OCO4)cc2)CC1. The number of nitrogens with zero attached hydrogens (tertiary/aromatic N) is 1. The van der Waals surface area contributed by atoms with Crippen molar-refractivity contribution >= 4 is 11.6 Å². The van der Waals surface area contributed by atoms with Gasteiger partial charge in [-0.25, -0.2) is 0 Å². The van der Waals surface area contributed by atoms with Gasteiger partial charge in [-0.2, -0.15) is 0 Å². The largest absolute Gasteiger partial charge is 0.454 e. The molecule has 2 heterocycles. The molecule has 0 aliphatic carbocycles. The fourth-order valence-electron chi connectivity index (χ4n) is 4.01. The number of amides is 1. The highest BCUT2D eigenvalue weighted by Crippen LogP contribution is 2.32. The molecule has 6 nitrogen and oxygen atoms in total. The Labute approximate surface area is 184 Å². The molecule has 1 amide bonds. The van der Waals surface area contributed by atoms with Crippen LogP contribution < -0.4 is 25.0 Å². The van der Waals surface area contributed by atoms with Gasteiger partial charge in [-0.15, -0.1) is 0 Å². The zero-order valence-corrected chi connectivity index (χ0v) is 18.5. The molecule has 1 atom stereocenters. The van der Waals surface area contributed by atoms with Crippen molar-refractivity contribution in [2.75, 3.05) is 31.3 Å². The van der Waals surface area contributed by atoms with Crippen molar-refractivity contribution in [3.8, 4) is 11.5 Å². The molecule has 2 aliphatic heterocycles. The van der Waals surface area contributed by atoms with Crippen LogP contribution in [0.3, 0.4) is 0 Å². The van der Waals surface area contributed by atoms with Gasteiger partial charge in [0.2, 0.25) is 6.79 Å². The van der Waals surface area contributed by atoms with E-state index in [0.29, 0.717) is 18.2 Å². The second-order valence-electron chi connectivity index (χ2n) is 8.60. The van der Waals surface area contributed by atoms with Crippen molar-refractivity contribution < 1.29 is 14.3 Å². The number of carbonyl (C=O) groups excluding carboxylic acids is 1. The number of anilines is 1. The summed E-state index contributed by atoms with van der Waals surface area (Å²) in [7, 11) is 0. The van der Waals surface area contributed by atoms with Crippen molar-refractivity contribution in [2.45, 2.75) is 45.7 Å². The van der Waals surface area contributed by atoms with Gasteiger partial charge in [0.25, 0.3) is 5.91 Å². The molecule has 0 aromatic heterocycles. The Hall–Kier alpha value is -2.73. The highest BCUT2D eigenvalue weighted by Gasteiger charge is 2.20. The molecular weight excluding hydrogens is 390 g/mol. The second kappa shape index (κ2) is 10.1. The molecule has 2 aromatic rings. The summed E-state index contributed by atoms with van der Waals surface area (Å²) >= 11 is 0. The Morgan fingerprint density at radius 3 is 2.58 bits per heavy atom. The third-order valence-corrected chi connectivity index (χ3v) is 6.33. The van der Waals surface area contributed by atoms with Crippen molar-refractivity contribution in [3.63, 3.8) is 0 Å². The molecule has 6 heteroatoms. The lowest BCUT2D eigenvalue weighted by Gasteiger charge is -2.34. The van der Waals surface area contributed by atoms with Gasteiger partial charge >= 0.3 is 0 Å². The predicted octanol–water partition coefficient (Wildman–Crippen LogP) is 3.95. The molecule has 4 rings (SSSR count). The van der Waals surface area contributed by atoms with Gasteiger partial charge in [-0.3, -0.25) is 4.79 Å². The fourth-order valence-corrected chi connectivity index (χ4v) is 4.01. The van der Waals surface area contributed by atoms with Crippen molar-refractivity contribution in [2.24, 2.45) is 5.92 Å². The molecule has 1 saturated heterocycles. The average molecular weight is 424 g/mol. The van der Waals surface area contributed by atoms with Gasteiger partial charge in [-0.1, -0.05) is 26.3 Å². The molecule has 0 bridgehead atoms. The molecule has 2 aliphatic rings. The summed E-state index contributed by atoms with van der Waals surface area (Å²) in [5.41, 5.74) is 2.85. The Balaban J connectivity index is 1.25. The molecule has 31 heavy (non-hydrogen) atoms. The van der Waals surface area contributed by atoms with Crippen LogP contribution in [-0.2, 0) is 6.54 Å². The quantitative estimate of drug-likeness (QED) is 0.673. The van der Waals surface area contributed by atoms with E-state index in [0.717, 1.165) is 55.5 Å². The summed E-state index contributed by atoms with van der Waals surface area (Å²) < 4.78 is 10.7. The lowest BCUT2D eigenvalue weighted by molar-refractivity contribution is 0.0951. The highest BCUT2D eigenvalue weighted by molar-refractivity contribution is 5.94. The van der Waals surface area contributed by atoms with E-state index in [1.807, 2.05) is 30.3 Å². The van der Waals surface area contributed by atoms with Crippen LogP contribution >= 0.6 is 0 Å². The zero-order chi connectivity index (χ0) is 21.6. The second-order valence-corrected chi connectivity index (χ2v) is 8.60. The smallest absolute Gasteiger partial charge is 0.251 e. The summed E-state index contributed by atoms with van der Waals surface area (Å²) in [6.45, 7) is 8.46.